The SMILES string of the molecule is CN(C)C(=O)[C@@H]1C[C@H](N(C(=O)C(C)(C)C)C2CCC(C)(C)CC2)CN1C(=O)C1CN(C(C)(C)C)C[C@H]1c1ccc(Cl)cc1. The molecule has 1 aromatic carbocycles. The van der Waals surface area contributed by atoms with Crippen LogP contribution in [0.5, 0.6) is 0 Å². The van der Waals surface area contributed by atoms with Gasteiger partial charge in [-0.25, -0.2) is 0 Å². The topological polar surface area (TPSA) is 64.2 Å². The second kappa shape index (κ2) is 12.3. The lowest BCUT2D eigenvalue weighted by Gasteiger charge is -2.45. The highest BCUT2D eigenvalue weighted by Crippen LogP contribution is 2.42. The highest BCUT2D eigenvalue weighted by molar-refractivity contribution is 6.30. The van der Waals surface area contributed by atoms with Crippen LogP contribution >= 0.6 is 11.6 Å². The van der Waals surface area contributed by atoms with Crippen molar-refractivity contribution in [3.63, 3.8) is 0 Å². The van der Waals surface area contributed by atoms with Gasteiger partial charge in [-0.1, -0.05) is 58.4 Å². The van der Waals surface area contributed by atoms with Gasteiger partial charge in [0.15, 0.2) is 0 Å². The first-order valence-corrected chi connectivity index (χ1v) is 16.5. The van der Waals surface area contributed by atoms with Crippen LogP contribution in [-0.4, -0.2) is 94.7 Å². The van der Waals surface area contributed by atoms with Crippen molar-refractivity contribution in [3.05, 3.63) is 34.9 Å². The number of carbonyl (C=O) groups excluding carboxylic acids is 3. The fourth-order valence-electron chi connectivity index (χ4n) is 7.33. The molecule has 4 atom stereocenters. The Morgan fingerprint density at radius 2 is 1.47 bits per heavy atom. The molecule has 0 radical (unpaired) electrons. The highest BCUT2D eigenvalue weighted by atomic mass is 35.5. The average Bonchev–Trinajstić information content (AvgIpc) is 3.54. The number of nitrogens with zero attached hydrogens (tertiary/aromatic N) is 4. The van der Waals surface area contributed by atoms with E-state index in [1.54, 1.807) is 19.0 Å². The van der Waals surface area contributed by atoms with E-state index < -0.39 is 11.5 Å². The van der Waals surface area contributed by atoms with Gasteiger partial charge in [0.1, 0.15) is 6.04 Å². The fourth-order valence-corrected chi connectivity index (χ4v) is 7.46. The highest BCUT2D eigenvalue weighted by Gasteiger charge is 2.51. The monoisotopic (exact) mass is 614 g/mol. The third kappa shape index (κ3) is 7.41. The molecule has 3 amide bonds. The Morgan fingerprint density at radius 1 is 0.884 bits per heavy atom. The molecule has 2 aliphatic heterocycles. The van der Waals surface area contributed by atoms with E-state index in [1.165, 1.54) is 0 Å². The van der Waals surface area contributed by atoms with Crippen LogP contribution < -0.4 is 0 Å². The number of hydrogen-bond donors (Lipinski definition) is 0. The number of benzene rings is 1. The number of halogens is 1. The van der Waals surface area contributed by atoms with Gasteiger partial charge >= 0.3 is 0 Å². The van der Waals surface area contributed by atoms with Crippen molar-refractivity contribution < 1.29 is 14.4 Å². The molecule has 2 heterocycles. The molecule has 43 heavy (non-hydrogen) atoms. The largest absolute Gasteiger partial charge is 0.347 e. The van der Waals surface area contributed by atoms with E-state index in [0.29, 0.717) is 24.5 Å². The summed E-state index contributed by atoms with van der Waals surface area (Å²) in [5, 5.41) is 0.672. The molecule has 3 fully saturated rings. The number of likely N-dealkylation sites (N-methyl/N-ethyl adjacent to an activating group) is 1. The molecule has 2 saturated heterocycles. The van der Waals surface area contributed by atoms with Crippen LogP contribution in [0.3, 0.4) is 0 Å². The molecule has 1 unspecified atom stereocenters. The molecule has 3 aliphatic rings. The summed E-state index contributed by atoms with van der Waals surface area (Å²) in [6, 6.07) is 7.20. The van der Waals surface area contributed by atoms with Gasteiger partial charge in [-0.2, -0.15) is 0 Å². The Bertz CT molecular complexity index is 1170. The van der Waals surface area contributed by atoms with E-state index in [-0.39, 0.29) is 52.6 Å². The Morgan fingerprint density at radius 3 is 1.98 bits per heavy atom. The Kier molecular flexibility index (Phi) is 9.69. The smallest absolute Gasteiger partial charge is 0.244 e. The van der Waals surface area contributed by atoms with E-state index in [0.717, 1.165) is 37.8 Å². The number of amides is 3. The maximum atomic E-state index is 14.7. The summed E-state index contributed by atoms with van der Waals surface area (Å²) in [6.45, 7) is 18.9. The number of carbonyl (C=O) groups is 3. The lowest BCUT2D eigenvalue weighted by atomic mass is 9.74. The summed E-state index contributed by atoms with van der Waals surface area (Å²) >= 11 is 6.23. The van der Waals surface area contributed by atoms with Crippen LogP contribution in [0.15, 0.2) is 24.3 Å². The van der Waals surface area contributed by atoms with Gasteiger partial charge in [0.25, 0.3) is 0 Å². The van der Waals surface area contributed by atoms with E-state index in [4.69, 9.17) is 11.6 Å². The van der Waals surface area contributed by atoms with E-state index in [2.05, 4.69) is 44.4 Å². The van der Waals surface area contributed by atoms with Gasteiger partial charge in [-0.3, -0.25) is 19.3 Å². The maximum absolute atomic E-state index is 14.7. The molecule has 4 rings (SSSR count). The van der Waals surface area contributed by atoms with Crippen LogP contribution in [0, 0.1) is 16.7 Å². The minimum Gasteiger partial charge on any atom is -0.347 e. The molecule has 0 bridgehead atoms. The van der Waals surface area contributed by atoms with Crippen molar-refractivity contribution in [2.75, 3.05) is 33.7 Å². The zero-order valence-corrected chi connectivity index (χ0v) is 29.0. The average molecular weight is 615 g/mol. The maximum Gasteiger partial charge on any atom is 0.244 e. The van der Waals surface area contributed by atoms with Gasteiger partial charge in [0.05, 0.1) is 12.0 Å². The molecule has 1 aromatic rings. The summed E-state index contributed by atoms with van der Waals surface area (Å²) in [5.41, 5.74) is 0.710. The predicted molar refractivity (Wildman–Crippen MR) is 174 cm³/mol. The van der Waals surface area contributed by atoms with E-state index >= 15 is 0 Å². The Balaban J connectivity index is 1.69. The minimum absolute atomic E-state index is 0.00830. The molecule has 0 spiro atoms. The molecule has 0 aromatic heterocycles. The van der Waals surface area contributed by atoms with Gasteiger partial charge in [0, 0.05) is 61.7 Å². The molecule has 8 heteroatoms. The Labute approximate surface area is 265 Å². The normalized spacial score (nSPS) is 26.9. The number of likely N-dealkylation sites (tertiary alicyclic amines) is 2. The summed E-state index contributed by atoms with van der Waals surface area (Å²) in [6.07, 6.45) is 4.51. The van der Waals surface area contributed by atoms with Crippen LogP contribution in [-0.2, 0) is 14.4 Å². The molecule has 0 N–H and O–H groups in total. The standard InChI is InChI=1S/C35H55ClN4O3/c1-33(2,3)32(43)40(25-15-17-35(7,8)18-16-25)26-19-29(31(42)37(9)10)39(20-26)30(41)28-22-38(34(4,5)6)21-27(28)23-11-13-24(36)14-12-23/h11-14,25-29H,15-22H2,1-10H3/t26-,27-,28?,29-/m0/s1. The van der Waals surface area contributed by atoms with E-state index in [1.807, 2.05) is 49.9 Å². The van der Waals surface area contributed by atoms with Crippen molar-refractivity contribution in [2.45, 2.75) is 117 Å². The van der Waals surface area contributed by atoms with Gasteiger partial charge in [-0.15, -0.1) is 0 Å². The second-order valence-corrected chi connectivity index (χ2v) is 16.8. The number of hydrogen-bond acceptors (Lipinski definition) is 4. The van der Waals surface area contributed by atoms with Crippen LogP contribution in [0.25, 0.3) is 0 Å². The van der Waals surface area contributed by atoms with Crippen molar-refractivity contribution in [3.8, 4) is 0 Å². The predicted octanol–water partition coefficient (Wildman–Crippen LogP) is 6.06. The van der Waals surface area contributed by atoms with Crippen LogP contribution in [0.2, 0.25) is 5.02 Å². The molecular weight excluding hydrogens is 560 g/mol. The summed E-state index contributed by atoms with van der Waals surface area (Å²) in [5.74, 6) is -0.240. The summed E-state index contributed by atoms with van der Waals surface area (Å²) < 4.78 is 0. The third-order valence-corrected chi connectivity index (χ3v) is 10.4. The molecule has 240 valence electrons. The molecule has 1 aliphatic carbocycles. The third-order valence-electron chi connectivity index (χ3n) is 10.1. The first-order chi connectivity index (χ1) is 19.8. The lowest BCUT2D eigenvalue weighted by molar-refractivity contribution is -0.147. The first kappa shape index (κ1) is 33.8. The zero-order chi connectivity index (χ0) is 32.1. The minimum atomic E-state index is -0.586. The van der Waals surface area contributed by atoms with E-state index in [9.17, 15) is 14.4 Å². The molecule has 1 saturated carbocycles. The fraction of sp³-hybridized carbons (Fsp3) is 0.743. The quantitative estimate of drug-likeness (QED) is 0.405. The zero-order valence-electron chi connectivity index (χ0n) is 28.2. The van der Waals surface area contributed by atoms with Gasteiger partial charge in [-0.05, 0) is 76.0 Å². The number of rotatable bonds is 5. The first-order valence-electron chi connectivity index (χ1n) is 16.1. The summed E-state index contributed by atoms with van der Waals surface area (Å²) in [4.78, 5) is 50.4. The van der Waals surface area contributed by atoms with Crippen molar-refractivity contribution in [2.24, 2.45) is 16.7 Å². The molecule has 7 nitrogen and oxygen atoms in total. The second-order valence-electron chi connectivity index (χ2n) is 16.3. The van der Waals surface area contributed by atoms with Crippen molar-refractivity contribution in [1.82, 2.24) is 19.6 Å². The van der Waals surface area contributed by atoms with Gasteiger partial charge in [0.2, 0.25) is 17.7 Å². The van der Waals surface area contributed by atoms with Gasteiger partial charge < -0.3 is 14.7 Å². The van der Waals surface area contributed by atoms with Crippen LogP contribution in [0.4, 0.5) is 0 Å². The molecular formula is C35H55ClN4O3. The lowest BCUT2D eigenvalue weighted by Crippen LogP contribution is -2.54. The van der Waals surface area contributed by atoms with Crippen molar-refractivity contribution in [1.29, 1.82) is 0 Å². The van der Waals surface area contributed by atoms with Crippen molar-refractivity contribution >= 4 is 29.3 Å². The Hall–Kier alpha value is -2.12. The van der Waals surface area contributed by atoms with Crippen LogP contribution in [0.1, 0.15) is 99.0 Å². The summed E-state index contributed by atoms with van der Waals surface area (Å²) in [7, 11) is 3.51.